The number of anilines is 1. The van der Waals surface area contributed by atoms with Gasteiger partial charge in [-0.3, -0.25) is 4.79 Å². The number of amides is 1. The van der Waals surface area contributed by atoms with Crippen molar-refractivity contribution in [1.82, 2.24) is 15.2 Å². The minimum Gasteiger partial charge on any atom is -0.489 e. The Kier molecular flexibility index (Phi) is 6.97. The van der Waals surface area contributed by atoms with Crippen molar-refractivity contribution in [3.8, 4) is 16.9 Å². The zero-order valence-corrected chi connectivity index (χ0v) is 19.8. The van der Waals surface area contributed by atoms with Crippen LogP contribution in [0.15, 0.2) is 60.8 Å². The summed E-state index contributed by atoms with van der Waals surface area (Å²) in [5, 5.41) is 13.7. The molecule has 1 aromatic heterocycles. The van der Waals surface area contributed by atoms with E-state index in [1.807, 2.05) is 29.2 Å². The summed E-state index contributed by atoms with van der Waals surface area (Å²) in [5.74, 6) is 1.47. The fraction of sp³-hybridized carbons (Fsp3) is 0.357. The first kappa shape index (κ1) is 23.3. The van der Waals surface area contributed by atoms with Crippen LogP contribution in [0, 0.1) is 0 Å². The minimum absolute atomic E-state index is 0.0477. The number of hydrogen-bond acceptors (Lipinski definition) is 6. The molecule has 3 aromatic rings. The molecule has 0 spiro atoms. The Hall–Kier alpha value is -3.42. The standard InChI is InChI=1S/C28H32N4O3/c29-27-11-8-23(16-31-27)25(33)18-30-17-24-9-6-21-14-20(7-10-26(21)35-24)19-4-3-5-22(15-19)28(34)32-12-1-2-13-32/h3-5,7-8,10-11,14-16,24-25,30,33H,1-2,6,9,12-13,17-18H2,(H2,29,31)/t24-,25+/m1/s1. The second kappa shape index (κ2) is 10.5. The molecule has 5 rings (SSSR count). The lowest BCUT2D eigenvalue weighted by atomic mass is 9.96. The summed E-state index contributed by atoms with van der Waals surface area (Å²) >= 11 is 0. The van der Waals surface area contributed by atoms with Gasteiger partial charge in [-0.15, -0.1) is 0 Å². The average molecular weight is 473 g/mol. The van der Waals surface area contributed by atoms with Gasteiger partial charge in [0.2, 0.25) is 0 Å². The Balaban J connectivity index is 1.18. The first-order valence-electron chi connectivity index (χ1n) is 12.4. The molecule has 2 aromatic carbocycles. The summed E-state index contributed by atoms with van der Waals surface area (Å²) in [6.07, 6.45) is 5.01. The molecule has 3 heterocycles. The smallest absolute Gasteiger partial charge is 0.253 e. The van der Waals surface area contributed by atoms with E-state index in [4.69, 9.17) is 10.5 Å². The number of benzene rings is 2. The molecule has 2 atom stereocenters. The SMILES string of the molecule is Nc1ccc([C@@H](O)CNC[C@H]2CCc3cc(-c4cccc(C(=O)N5CCCC5)c4)ccc3O2)cn1. The maximum Gasteiger partial charge on any atom is 0.253 e. The molecule has 0 unspecified atom stereocenters. The van der Waals surface area contributed by atoms with E-state index in [1.54, 1.807) is 18.3 Å². The van der Waals surface area contributed by atoms with Crippen LogP contribution in [0.3, 0.4) is 0 Å². The number of carbonyl (C=O) groups excluding carboxylic acids is 1. The van der Waals surface area contributed by atoms with Crippen LogP contribution >= 0.6 is 0 Å². The van der Waals surface area contributed by atoms with Crippen molar-refractivity contribution in [2.24, 2.45) is 0 Å². The van der Waals surface area contributed by atoms with Crippen LogP contribution in [0.5, 0.6) is 5.75 Å². The summed E-state index contributed by atoms with van der Waals surface area (Å²) in [6.45, 7) is 2.78. The Morgan fingerprint density at radius 2 is 1.97 bits per heavy atom. The highest BCUT2D eigenvalue weighted by Crippen LogP contribution is 2.32. The van der Waals surface area contributed by atoms with Crippen LogP contribution in [0.25, 0.3) is 11.1 Å². The van der Waals surface area contributed by atoms with Crippen LogP contribution in [-0.4, -0.2) is 53.2 Å². The Bertz CT molecular complexity index is 1180. The highest BCUT2D eigenvalue weighted by atomic mass is 16.5. The van der Waals surface area contributed by atoms with Crippen molar-refractivity contribution >= 4 is 11.7 Å². The van der Waals surface area contributed by atoms with Gasteiger partial charge >= 0.3 is 0 Å². The average Bonchev–Trinajstić information content (AvgIpc) is 3.43. The largest absolute Gasteiger partial charge is 0.489 e. The zero-order chi connectivity index (χ0) is 24.2. The summed E-state index contributed by atoms with van der Waals surface area (Å²) in [4.78, 5) is 18.8. The van der Waals surface area contributed by atoms with Crippen molar-refractivity contribution in [3.63, 3.8) is 0 Å². The zero-order valence-electron chi connectivity index (χ0n) is 19.8. The van der Waals surface area contributed by atoms with Crippen LogP contribution in [0.1, 0.15) is 46.9 Å². The number of aliphatic hydroxyl groups is 1. The van der Waals surface area contributed by atoms with E-state index >= 15 is 0 Å². The van der Waals surface area contributed by atoms with Crippen LogP contribution in [0.4, 0.5) is 5.82 Å². The number of pyridine rings is 1. The molecule has 7 heteroatoms. The van der Waals surface area contributed by atoms with E-state index in [1.165, 1.54) is 5.56 Å². The normalized spacial score (nSPS) is 18.1. The van der Waals surface area contributed by atoms with Crippen LogP contribution < -0.4 is 15.8 Å². The van der Waals surface area contributed by atoms with Gasteiger partial charge < -0.3 is 25.8 Å². The highest BCUT2D eigenvalue weighted by molar-refractivity contribution is 5.95. The molecule has 0 bridgehead atoms. The summed E-state index contributed by atoms with van der Waals surface area (Å²) < 4.78 is 6.22. The second-order valence-corrected chi connectivity index (χ2v) is 9.37. The van der Waals surface area contributed by atoms with Gasteiger partial charge in [-0.1, -0.05) is 24.3 Å². The number of likely N-dealkylation sites (tertiary alicyclic amines) is 1. The van der Waals surface area contributed by atoms with E-state index in [-0.39, 0.29) is 12.0 Å². The molecule has 2 aliphatic heterocycles. The molecule has 0 aliphatic carbocycles. The number of aromatic nitrogens is 1. The molecular formula is C28H32N4O3. The second-order valence-electron chi connectivity index (χ2n) is 9.37. The van der Waals surface area contributed by atoms with Gasteiger partial charge in [0.05, 0.1) is 6.10 Å². The molecule has 7 nitrogen and oxygen atoms in total. The molecule has 1 fully saturated rings. The van der Waals surface area contributed by atoms with Gasteiger partial charge in [0.15, 0.2) is 0 Å². The quantitative estimate of drug-likeness (QED) is 0.486. The molecule has 1 amide bonds. The van der Waals surface area contributed by atoms with E-state index in [0.29, 0.717) is 18.9 Å². The number of nitrogens with one attached hydrogen (secondary N) is 1. The predicted molar refractivity (Wildman–Crippen MR) is 136 cm³/mol. The lowest BCUT2D eigenvalue weighted by molar-refractivity contribution is 0.0793. The minimum atomic E-state index is -0.644. The summed E-state index contributed by atoms with van der Waals surface area (Å²) in [7, 11) is 0. The third-order valence-corrected chi connectivity index (χ3v) is 6.83. The molecule has 0 saturated carbocycles. The van der Waals surface area contributed by atoms with Crippen molar-refractivity contribution in [2.75, 3.05) is 31.9 Å². The van der Waals surface area contributed by atoms with Gasteiger partial charge in [-0.2, -0.15) is 0 Å². The van der Waals surface area contributed by atoms with E-state index < -0.39 is 6.10 Å². The van der Waals surface area contributed by atoms with Crippen molar-refractivity contribution in [3.05, 3.63) is 77.5 Å². The molecule has 35 heavy (non-hydrogen) atoms. The third kappa shape index (κ3) is 5.47. The third-order valence-electron chi connectivity index (χ3n) is 6.83. The fourth-order valence-corrected chi connectivity index (χ4v) is 4.82. The number of nitrogens with two attached hydrogens (primary N) is 1. The highest BCUT2D eigenvalue weighted by Gasteiger charge is 2.22. The lowest BCUT2D eigenvalue weighted by Crippen LogP contribution is -2.36. The molecule has 1 saturated heterocycles. The predicted octanol–water partition coefficient (Wildman–Crippen LogP) is 3.58. The monoisotopic (exact) mass is 472 g/mol. The maximum atomic E-state index is 12.8. The molecule has 0 radical (unpaired) electrons. The molecular weight excluding hydrogens is 440 g/mol. The van der Waals surface area contributed by atoms with Crippen molar-refractivity contribution in [1.29, 1.82) is 0 Å². The topological polar surface area (TPSA) is 101 Å². The van der Waals surface area contributed by atoms with Crippen molar-refractivity contribution < 1.29 is 14.6 Å². The first-order valence-corrected chi connectivity index (χ1v) is 12.4. The number of carbonyl (C=O) groups is 1. The van der Waals surface area contributed by atoms with Gasteiger partial charge in [-0.05, 0) is 72.7 Å². The Morgan fingerprint density at radius 1 is 1.14 bits per heavy atom. The van der Waals surface area contributed by atoms with Gasteiger partial charge in [-0.25, -0.2) is 4.98 Å². The van der Waals surface area contributed by atoms with Crippen LogP contribution in [0.2, 0.25) is 0 Å². The number of hydrogen-bond donors (Lipinski definition) is 3. The number of fused-ring (bicyclic) bond motifs is 1. The number of rotatable bonds is 7. The van der Waals surface area contributed by atoms with E-state index in [9.17, 15) is 9.90 Å². The van der Waals surface area contributed by atoms with Gasteiger partial charge in [0.25, 0.3) is 5.91 Å². The van der Waals surface area contributed by atoms with Gasteiger partial charge in [0.1, 0.15) is 17.7 Å². The Labute approximate surface area is 205 Å². The number of ether oxygens (including phenoxy) is 1. The maximum absolute atomic E-state index is 12.8. The van der Waals surface area contributed by atoms with Gasteiger partial charge in [0, 0.05) is 43.5 Å². The van der Waals surface area contributed by atoms with Crippen molar-refractivity contribution in [2.45, 2.75) is 37.9 Å². The molecule has 2 aliphatic rings. The number of nitrogen functional groups attached to an aromatic ring is 1. The van der Waals surface area contributed by atoms with Crippen LogP contribution in [-0.2, 0) is 6.42 Å². The fourth-order valence-electron chi connectivity index (χ4n) is 4.82. The Morgan fingerprint density at radius 3 is 2.77 bits per heavy atom. The molecule has 4 N–H and O–H groups in total. The number of aryl methyl sites for hydroxylation is 1. The number of nitrogens with zero attached hydrogens (tertiary/aromatic N) is 2. The molecule has 182 valence electrons. The summed E-state index contributed by atoms with van der Waals surface area (Å²) in [6, 6.07) is 17.7. The van der Waals surface area contributed by atoms with E-state index in [2.05, 4.69) is 28.5 Å². The number of aliphatic hydroxyl groups excluding tert-OH is 1. The first-order chi connectivity index (χ1) is 17.1. The lowest BCUT2D eigenvalue weighted by Gasteiger charge is -2.27. The van der Waals surface area contributed by atoms with E-state index in [0.717, 1.165) is 66.8 Å². The summed E-state index contributed by atoms with van der Waals surface area (Å²) in [5.41, 5.74) is 10.4.